The van der Waals surface area contributed by atoms with Crippen molar-refractivity contribution in [3.8, 4) is 0 Å². The topological polar surface area (TPSA) is 54.6 Å². The van der Waals surface area contributed by atoms with Crippen molar-refractivity contribution in [2.75, 3.05) is 33.0 Å². The predicted octanol–water partition coefficient (Wildman–Crippen LogP) is 2.76. The second-order valence-corrected chi connectivity index (χ2v) is 6.79. The Morgan fingerprint density at radius 1 is 1.30 bits per heavy atom. The highest BCUT2D eigenvalue weighted by Crippen LogP contribution is 2.33. The van der Waals surface area contributed by atoms with Gasteiger partial charge in [-0.25, -0.2) is 0 Å². The van der Waals surface area contributed by atoms with Gasteiger partial charge in [0.15, 0.2) is 0 Å². The van der Waals surface area contributed by atoms with E-state index in [1.165, 1.54) is 0 Å². The second kappa shape index (κ2) is 5.51. The van der Waals surface area contributed by atoms with E-state index in [2.05, 4.69) is 4.98 Å². The summed E-state index contributed by atoms with van der Waals surface area (Å²) in [7, 11) is 0. The number of carbonyl (C=O) groups is 1. The molecule has 1 N–H and O–H groups in total. The van der Waals surface area contributed by atoms with Crippen LogP contribution >= 0.6 is 11.6 Å². The van der Waals surface area contributed by atoms with Gasteiger partial charge in [0, 0.05) is 34.8 Å². The molecule has 122 valence electrons. The number of hydrogen-bond acceptors (Lipinski definition) is 3. The number of benzene rings is 1. The van der Waals surface area contributed by atoms with Crippen LogP contribution in [-0.2, 0) is 9.47 Å². The minimum Gasteiger partial charge on any atom is -0.379 e. The summed E-state index contributed by atoms with van der Waals surface area (Å²) < 4.78 is 11.2. The summed E-state index contributed by atoms with van der Waals surface area (Å²) in [6.45, 7) is 4.84. The third-order valence-electron chi connectivity index (χ3n) is 4.89. The summed E-state index contributed by atoms with van der Waals surface area (Å²) in [5, 5.41) is 1.51. The Bertz CT molecular complexity index is 765. The van der Waals surface area contributed by atoms with Gasteiger partial charge < -0.3 is 19.4 Å². The molecule has 1 amide bonds. The monoisotopic (exact) mass is 334 g/mol. The number of carbonyl (C=O) groups excluding carboxylic acids is 1. The van der Waals surface area contributed by atoms with Gasteiger partial charge in [-0.3, -0.25) is 4.79 Å². The third-order valence-corrected chi connectivity index (χ3v) is 5.13. The molecule has 2 aromatic rings. The van der Waals surface area contributed by atoms with Gasteiger partial charge >= 0.3 is 0 Å². The van der Waals surface area contributed by atoms with E-state index in [1.807, 2.05) is 30.0 Å². The van der Waals surface area contributed by atoms with Gasteiger partial charge in [-0.2, -0.15) is 0 Å². The lowest BCUT2D eigenvalue weighted by Crippen LogP contribution is -2.59. The van der Waals surface area contributed by atoms with E-state index in [1.54, 1.807) is 0 Å². The van der Waals surface area contributed by atoms with Gasteiger partial charge in [-0.1, -0.05) is 11.6 Å². The molecule has 1 aromatic carbocycles. The number of halogens is 1. The van der Waals surface area contributed by atoms with E-state index in [-0.39, 0.29) is 11.4 Å². The molecule has 1 atom stereocenters. The van der Waals surface area contributed by atoms with Gasteiger partial charge in [-0.05, 0) is 31.5 Å². The van der Waals surface area contributed by atoms with E-state index in [4.69, 9.17) is 21.1 Å². The maximum absolute atomic E-state index is 13.3. The quantitative estimate of drug-likeness (QED) is 0.872. The molecular formula is C17H19ClN2O3. The van der Waals surface area contributed by atoms with Crippen LogP contribution in [0, 0.1) is 6.92 Å². The number of ether oxygens (including phenoxy) is 2. The molecule has 1 aromatic heterocycles. The molecule has 6 heteroatoms. The highest BCUT2D eigenvalue weighted by atomic mass is 35.5. The van der Waals surface area contributed by atoms with Crippen LogP contribution in [0.5, 0.6) is 0 Å². The molecule has 5 nitrogen and oxygen atoms in total. The SMILES string of the molecule is Cc1[nH]c2ccc(Cl)cc2c1C(=O)N1CCOCC12CCOC2. The van der Waals surface area contributed by atoms with Crippen molar-refractivity contribution < 1.29 is 14.3 Å². The average molecular weight is 335 g/mol. The smallest absolute Gasteiger partial charge is 0.257 e. The molecule has 3 heterocycles. The van der Waals surface area contributed by atoms with Gasteiger partial charge in [0.1, 0.15) is 0 Å². The van der Waals surface area contributed by atoms with E-state index < -0.39 is 0 Å². The van der Waals surface area contributed by atoms with E-state index >= 15 is 0 Å². The molecule has 2 aliphatic heterocycles. The number of aromatic amines is 1. The second-order valence-electron chi connectivity index (χ2n) is 6.35. The molecule has 0 bridgehead atoms. The molecule has 2 saturated heterocycles. The molecule has 0 saturated carbocycles. The van der Waals surface area contributed by atoms with Gasteiger partial charge in [0.2, 0.25) is 0 Å². The zero-order valence-electron chi connectivity index (χ0n) is 13.0. The van der Waals surface area contributed by atoms with Crippen LogP contribution in [0.25, 0.3) is 10.9 Å². The molecule has 2 aliphatic rings. The highest BCUT2D eigenvalue weighted by molar-refractivity contribution is 6.31. The fraction of sp³-hybridized carbons (Fsp3) is 0.471. The first-order chi connectivity index (χ1) is 11.1. The summed E-state index contributed by atoms with van der Waals surface area (Å²) in [6, 6.07) is 5.59. The first kappa shape index (κ1) is 15.0. The van der Waals surface area contributed by atoms with Crippen molar-refractivity contribution in [2.24, 2.45) is 0 Å². The molecule has 1 spiro atoms. The number of amides is 1. The van der Waals surface area contributed by atoms with E-state index in [9.17, 15) is 4.79 Å². The molecular weight excluding hydrogens is 316 g/mol. The molecule has 2 fully saturated rings. The first-order valence-electron chi connectivity index (χ1n) is 7.86. The summed E-state index contributed by atoms with van der Waals surface area (Å²) in [5.41, 5.74) is 2.17. The summed E-state index contributed by atoms with van der Waals surface area (Å²) in [6.07, 6.45) is 0.820. The largest absolute Gasteiger partial charge is 0.379 e. The van der Waals surface area contributed by atoms with Gasteiger partial charge in [0.05, 0.1) is 30.9 Å². The number of rotatable bonds is 1. The minimum absolute atomic E-state index is 0.0322. The lowest BCUT2D eigenvalue weighted by atomic mass is 9.94. The Labute approximate surface area is 139 Å². The van der Waals surface area contributed by atoms with Crippen LogP contribution in [0.15, 0.2) is 18.2 Å². The van der Waals surface area contributed by atoms with Crippen molar-refractivity contribution in [2.45, 2.75) is 18.9 Å². The lowest BCUT2D eigenvalue weighted by Gasteiger charge is -2.43. The Kier molecular flexibility index (Phi) is 3.59. The number of aryl methyl sites for hydroxylation is 1. The number of nitrogens with one attached hydrogen (secondary N) is 1. The number of morpholine rings is 1. The standard InChI is InChI=1S/C17H19ClN2O3/c1-11-15(13-8-12(18)2-3-14(13)19-11)16(21)20-5-7-23-10-17(20)4-6-22-9-17/h2-3,8,19H,4-7,9-10H2,1H3. The van der Waals surface area contributed by atoms with Gasteiger partial charge in [-0.15, -0.1) is 0 Å². The number of H-pyrrole nitrogens is 1. The Balaban J connectivity index is 1.79. The maximum atomic E-state index is 13.3. The normalized spacial score (nSPS) is 24.7. The van der Waals surface area contributed by atoms with Crippen LogP contribution in [0.3, 0.4) is 0 Å². The van der Waals surface area contributed by atoms with Crippen LogP contribution < -0.4 is 0 Å². The summed E-state index contributed by atoms with van der Waals surface area (Å²) in [5.74, 6) is 0.0322. The zero-order chi connectivity index (χ0) is 16.0. The van der Waals surface area contributed by atoms with Crippen molar-refractivity contribution in [3.05, 3.63) is 34.5 Å². The number of hydrogen-bond donors (Lipinski definition) is 1. The average Bonchev–Trinajstić information content (AvgIpc) is 3.11. The number of aromatic nitrogens is 1. The Hall–Kier alpha value is -1.56. The Morgan fingerprint density at radius 2 is 2.09 bits per heavy atom. The summed E-state index contributed by atoms with van der Waals surface area (Å²) in [4.78, 5) is 18.5. The molecule has 4 rings (SSSR count). The van der Waals surface area contributed by atoms with Crippen LogP contribution in [0.2, 0.25) is 5.02 Å². The van der Waals surface area contributed by atoms with Crippen LogP contribution in [0.1, 0.15) is 22.5 Å². The molecule has 0 radical (unpaired) electrons. The van der Waals surface area contributed by atoms with Gasteiger partial charge in [0.25, 0.3) is 5.91 Å². The Morgan fingerprint density at radius 3 is 2.87 bits per heavy atom. The predicted molar refractivity (Wildman–Crippen MR) is 88.1 cm³/mol. The maximum Gasteiger partial charge on any atom is 0.257 e. The molecule has 23 heavy (non-hydrogen) atoms. The molecule has 0 aliphatic carbocycles. The van der Waals surface area contributed by atoms with E-state index in [0.717, 1.165) is 23.0 Å². The molecule has 1 unspecified atom stereocenters. The van der Waals surface area contributed by atoms with Crippen molar-refractivity contribution in [3.63, 3.8) is 0 Å². The highest BCUT2D eigenvalue weighted by Gasteiger charge is 2.46. The zero-order valence-corrected chi connectivity index (χ0v) is 13.8. The van der Waals surface area contributed by atoms with Crippen molar-refractivity contribution in [1.82, 2.24) is 9.88 Å². The number of fused-ring (bicyclic) bond motifs is 1. The van der Waals surface area contributed by atoms with Crippen molar-refractivity contribution >= 4 is 28.4 Å². The minimum atomic E-state index is -0.329. The van der Waals surface area contributed by atoms with Crippen LogP contribution in [0.4, 0.5) is 0 Å². The lowest BCUT2D eigenvalue weighted by molar-refractivity contribution is -0.0550. The van der Waals surface area contributed by atoms with Crippen molar-refractivity contribution in [1.29, 1.82) is 0 Å². The third kappa shape index (κ3) is 2.35. The van der Waals surface area contributed by atoms with Crippen LogP contribution in [-0.4, -0.2) is 54.3 Å². The first-order valence-corrected chi connectivity index (χ1v) is 8.24. The summed E-state index contributed by atoms with van der Waals surface area (Å²) >= 11 is 6.13. The fourth-order valence-electron chi connectivity index (χ4n) is 3.68. The van der Waals surface area contributed by atoms with E-state index in [0.29, 0.717) is 43.6 Å². The number of nitrogens with zero attached hydrogens (tertiary/aromatic N) is 1. The fourth-order valence-corrected chi connectivity index (χ4v) is 3.85.